The Morgan fingerprint density at radius 1 is 1.33 bits per heavy atom. The van der Waals surface area contributed by atoms with Crippen LogP contribution in [-0.4, -0.2) is 46.2 Å². The molecule has 0 unspecified atom stereocenters. The minimum atomic E-state index is 0.606. The second-order valence-corrected chi connectivity index (χ2v) is 6.27. The first-order chi connectivity index (χ1) is 10.1. The maximum atomic E-state index is 6.25. The molecule has 0 N–H and O–H groups in total. The zero-order valence-electron chi connectivity index (χ0n) is 11.6. The summed E-state index contributed by atoms with van der Waals surface area (Å²) < 4.78 is 5.88. The molecule has 1 saturated heterocycles. The number of hydrogen-bond acceptors (Lipinski definition) is 6. The molecule has 3 rings (SSSR count). The lowest BCUT2D eigenvalue weighted by molar-refractivity contribution is 0.239. The van der Waals surface area contributed by atoms with E-state index < -0.39 is 0 Å². The molecule has 0 spiro atoms. The lowest BCUT2D eigenvalue weighted by Gasteiger charge is -2.35. The van der Waals surface area contributed by atoms with Crippen LogP contribution in [0.3, 0.4) is 0 Å². The van der Waals surface area contributed by atoms with Crippen molar-refractivity contribution in [3.63, 3.8) is 0 Å². The van der Waals surface area contributed by atoms with Crippen molar-refractivity contribution in [2.24, 2.45) is 0 Å². The molecule has 1 fully saturated rings. The van der Waals surface area contributed by atoms with Gasteiger partial charge in [0.2, 0.25) is 5.89 Å². The second-order valence-electron chi connectivity index (χ2n) is 4.95. The molecular weight excluding hydrogens is 358 g/mol. The molecule has 0 aliphatic carbocycles. The lowest BCUT2D eigenvalue weighted by atomic mass is 10.3. The maximum Gasteiger partial charge on any atom is 0.223 e. The standard InChI is InChI=1S/C13H15BrClN5O/c1-9-17-12(18-21-9)8-19-2-4-20(5-3-19)13-11(15)6-10(14)7-16-13/h6-7H,2-5,8H2,1H3. The number of rotatable bonds is 3. The molecule has 2 aromatic rings. The number of aromatic nitrogens is 3. The number of piperazine rings is 1. The minimum Gasteiger partial charge on any atom is -0.353 e. The van der Waals surface area contributed by atoms with Crippen LogP contribution >= 0.6 is 27.5 Å². The van der Waals surface area contributed by atoms with Gasteiger partial charge >= 0.3 is 0 Å². The van der Waals surface area contributed by atoms with Crippen LogP contribution in [0, 0.1) is 6.92 Å². The molecule has 0 aromatic carbocycles. The molecule has 0 bridgehead atoms. The van der Waals surface area contributed by atoms with E-state index in [0.29, 0.717) is 17.5 Å². The van der Waals surface area contributed by atoms with Crippen molar-refractivity contribution in [3.05, 3.63) is 33.5 Å². The fourth-order valence-corrected chi connectivity index (χ4v) is 3.11. The summed E-state index contributed by atoms with van der Waals surface area (Å²) in [5.74, 6) is 2.19. The van der Waals surface area contributed by atoms with Gasteiger partial charge in [-0.05, 0) is 22.0 Å². The van der Waals surface area contributed by atoms with E-state index >= 15 is 0 Å². The van der Waals surface area contributed by atoms with Gasteiger partial charge in [-0.25, -0.2) is 4.98 Å². The summed E-state index contributed by atoms with van der Waals surface area (Å²) in [6.45, 7) is 6.11. The fourth-order valence-electron chi connectivity index (χ4n) is 2.36. The Labute approximate surface area is 136 Å². The van der Waals surface area contributed by atoms with Crippen LogP contribution in [0.5, 0.6) is 0 Å². The SMILES string of the molecule is Cc1nc(CN2CCN(c3ncc(Br)cc3Cl)CC2)no1. The van der Waals surface area contributed by atoms with Crippen molar-refractivity contribution in [2.75, 3.05) is 31.1 Å². The first-order valence-corrected chi connectivity index (χ1v) is 7.86. The molecule has 0 amide bonds. The summed E-state index contributed by atoms with van der Waals surface area (Å²) in [4.78, 5) is 13.1. The predicted octanol–water partition coefficient (Wildman–Crippen LogP) is 2.51. The summed E-state index contributed by atoms with van der Waals surface area (Å²) in [7, 11) is 0. The maximum absolute atomic E-state index is 6.25. The third-order valence-corrected chi connectivity index (χ3v) is 4.11. The summed E-state index contributed by atoms with van der Waals surface area (Å²) in [5, 5.41) is 4.60. The number of aryl methyl sites for hydroxylation is 1. The van der Waals surface area contributed by atoms with E-state index in [1.165, 1.54) is 0 Å². The normalized spacial score (nSPS) is 16.4. The zero-order valence-corrected chi connectivity index (χ0v) is 13.9. The van der Waals surface area contributed by atoms with Gasteiger partial charge in [0, 0.05) is 43.8 Å². The Morgan fingerprint density at radius 3 is 2.71 bits per heavy atom. The van der Waals surface area contributed by atoms with Crippen molar-refractivity contribution in [3.8, 4) is 0 Å². The smallest absolute Gasteiger partial charge is 0.223 e. The Morgan fingerprint density at radius 2 is 2.10 bits per heavy atom. The molecule has 6 nitrogen and oxygen atoms in total. The molecule has 3 heterocycles. The summed E-state index contributed by atoms with van der Waals surface area (Å²) >= 11 is 9.62. The van der Waals surface area contributed by atoms with E-state index in [1.54, 1.807) is 13.1 Å². The number of hydrogen-bond donors (Lipinski definition) is 0. The van der Waals surface area contributed by atoms with Crippen LogP contribution in [0.1, 0.15) is 11.7 Å². The van der Waals surface area contributed by atoms with Gasteiger partial charge in [0.05, 0.1) is 11.6 Å². The summed E-state index contributed by atoms with van der Waals surface area (Å²) in [6.07, 6.45) is 1.77. The Hall–Kier alpha value is -1.18. The molecule has 2 aromatic heterocycles. The molecular formula is C13H15BrClN5O. The second kappa shape index (κ2) is 6.29. The minimum absolute atomic E-state index is 0.606. The van der Waals surface area contributed by atoms with E-state index in [2.05, 4.69) is 40.9 Å². The van der Waals surface area contributed by atoms with Gasteiger partial charge in [0.25, 0.3) is 0 Å². The van der Waals surface area contributed by atoms with E-state index in [0.717, 1.165) is 42.3 Å². The lowest BCUT2D eigenvalue weighted by Crippen LogP contribution is -2.46. The highest BCUT2D eigenvalue weighted by atomic mass is 79.9. The van der Waals surface area contributed by atoms with Gasteiger partial charge in [-0.1, -0.05) is 16.8 Å². The first kappa shape index (κ1) is 14.7. The van der Waals surface area contributed by atoms with Crippen LogP contribution in [0.2, 0.25) is 5.02 Å². The van der Waals surface area contributed by atoms with Crippen molar-refractivity contribution in [1.29, 1.82) is 0 Å². The predicted molar refractivity (Wildman–Crippen MR) is 83.5 cm³/mol. The largest absolute Gasteiger partial charge is 0.353 e. The van der Waals surface area contributed by atoms with Gasteiger partial charge in [0.1, 0.15) is 5.82 Å². The van der Waals surface area contributed by atoms with Gasteiger partial charge in [-0.15, -0.1) is 0 Å². The van der Waals surface area contributed by atoms with Gasteiger partial charge in [0.15, 0.2) is 5.82 Å². The quantitative estimate of drug-likeness (QED) is 0.825. The molecule has 21 heavy (non-hydrogen) atoms. The third kappa shape index (κ3) is 3.53. The number of pyridine rings is 1. The van der Waals surface area contributed by atoms with Crippen molar-refractivity contribution in [2.45, 2.75) is 13.5 Å². The number of anilines is 1. The van der Waals surface area contributed by atoms with E-state index in [1.807, 2.05) is 6.07 Å². The van der Waals surface area contributed by atoms with Crippen LogP contribution in [0.25, 0.3) is 0 Å². The molecule has 1 aliphatic rings. The molecule has 0 saturated carbocycles. The van der Waals surface area contributed by atoms with Crippen molar-refractivity contribution in [1.82, 2.24) is 20.0 Å². The topological polar surface area (TPSA) is 58.3 Å². The Balaban J connectivity index is 1.59. The van der Waals surface area contributed by atoms with E-state index in [9.17, 15) is 0 Å². The molecule has 8 heteroatoms. The van der Waals surface area contributed by atoms with Crippen LogP contribution in [0.4, 0.5) is 5.82 Å². The molecule has 0 atom stereocenters. The third-order valence-electron chi connectivity index (χ3n) is 3.39. The van der Waals surface area contributed by atoms with Gasteiger partial charge in [-0.3, -0.25) is 4.90 Å². The van der Waals surface area contributed by atoms with Crippen molar-refractivity contribution >= 4 is 33.3 Å². The Kier molecular flexibility index (Phi) is 4.42. The number of nitrogens with zero attached hydrogens (tertiary/aromatic N) is 5. The highest BCUT2D eigenvalue weighted by Crippen LogP contribution is 2.27. The van der Waals surface area contributed by atoms with Crippen LogP contribution in [0.15, 0.2) is 21.3 Å². The fraction of sp³-hybridized carbons (Fsp3) is 0.462. The van der Waals surface area contributed by atoms with Crippen molar-refractivity contribution < 1.29 is 4.52 Å². The van der Waals surface area contributed by atoms with Crippen LogP contribution in [-0.2, 0) is 6.54 Å². The highest BCUT2D eigenvalue weighted by molar-refractivity contribution is 9.10. The first-order valence-electron chi connectivity index (χ1n) is 6.69. The average Bonchev–Trinajstić information content (AvgIpc) is 2.85. The molecule has 1 aliphatic heterocycles. The number of halogens is 2. The van der Waals surface area contributed by atoms with Gasteiger partial charge < -0.3 is 9.42 Å². The zero-order chi connectivity index (χ0) is 14.8. The summed E-state index contributed by atoms with van der Waals surface area (Å²) in [6, 6.07) is 1.87. The molecule has 0 radical (unpaired) electrons. The summed E-state index contributed by atoms with van der Waals surface area (Å²) in [5.41, 5.74) is 0. The van der Waals surface area contributed by atoms with Gasteiger partial charge in [-0.2, -0.15) is 4.98 Å². The van der Waals surface area contributed by atoms with Crippen LogP contribution < -0.4 is 4.90 Å². The Bertz CT molecular complexity index is 627. The molecule has 112 valence electrons. The monoisotopic (exact) mass is 371 g/mol. The highest BCUT2D eigenvalue weighted by Gasteiger charge is 2.21. The average molecular weight is 373 g/mol. The van der Waals surface area contributed by atoms with E-state index in [-0.39, 0.29) is 0 Å². The van der Waals surface area contributed by atoms with E-state index in [4.69, 9.17) is 16.1 Å².